The van der Waals surface area contributed by atoms with Crippen LogP contribution in [-0.4, -0.2) is 11.5 Å². The molecule has 0 aliphatic heterocycles. The van der Waals surface area contributed by atoms with E-state index in [0.717, 1.165) is 12.2 Å². The highest BCUT2D eigenvalue weighted by molar-refractivity contribution is 6.32. The van der Waals surface area contributed by atoms with E-state index in [1.807, 2.05) is 19.1 Å². The average Bonchev–Trinajstić information content (AvgIpc) is 2.40. The Balaban J connectivity index is 2.14. The Hall–Kier alpha value is -1.65. The molecule has 0 saturated heterocycles. The van der Waals surface area contributed by atoms with Crippen LogP contribution in [0.3, 0.4) is 0 Å². The second-order valence-electron chi connectivity index (χ2n) is 3.92. The average molecular weight is 281 g/mol. The van der Waals surface area contributed by atoms with Crippen molar-refractivity contribution in [1.82, 2.24) is 10.3 Å². The largest absolute Gasteiger partial charge is 0.437 e. The molecule has 0 saturated carbocycles. The zero-order valence-electron chi connectivity index (χ0n) is 10.5. The summed E-state index contributed by atoms with van der Waals surface area (Å²) in [6.45, 7) is 3.57. The van der Waals surface area contributed by atoms with E-state index in [1.165, 1.54) is 18.2 Å². The number of hydrogen-bond acceptors (Lipinski definition) is 3. The Morgan fingerprint density at radius 3 is 2.89 bits per heavy atom. The molecule has 0 bridgehead atoms. The molecule has 0 fully saturated rings. The lowest BCUT2D eigenvalue weighted by Gasteiger charge is -2.08. The third kappa shape index (κ3) is 3.91. The summed E-state index contributed by atoms with van der Waals surface area (Å²) in [6.07, 6.45) is 0. The summed E-state index contributed by atoms with van der Waals surface area (Å²) in [4.78, 5) is 4.33. The van der Waals surface area contributed by atoms with Crippen molar-refractivity contribution in [2.75, 3.05) is 6.54 Å². The van der Waals surface area contributed by atoms with Gasteiger partial charge >= 0.3 is 0 Å². The molecule has 3 nitrogen and oxygen atoms in total. The lowest BCUT2D eigenvalue weighted by molar-refractivity contribution is 0.458. The number of nitrogens with one attached hydrogen (secondary N) is 1. The summed E-state index contributed by atoms with van der Waals surface area (Å²) in [7, 11) is 0. The molecule has 5 heteroatoms. The van der Waals surface area contributed by atoms with Gasteiger partial charge in [-0.1, -0.05) is 24.6 Å². The molecular weight excluding hydrogens is 267 g/mol. The molecule has 0 amide bonds. The number of hydrogen-bond donors (Lipinski definition) is 1. The molecule has 0 spiro atoms. The normalized spacial score (nSPS) is 10.5. The Morgan fingerprint density at radius 2 is 2.16 bits per heavy atom. The molecule has 1 heterocycles. The van der Waals surface area contributed by atoms with E-state index in [4.69, 9.17) is 16.3 Å². The van der Waals surface area contributed by atoms with Gasteiger partial charge in [0.2, 0.25) is 5.88 Å². The summed E-state index contributed by atoms with van der Waals surface area (Å²) in [5, 5.41) is 3.40. The summed E-state index contributed by atoms with van der Waals surface area (Å²) in [5.74, 6) is 0.422. The lowest BCUT2D eigenvalue weighted by Crippen LogP contribution is -2.12. The Kier molecular flexibility index (Phi) is 4.71. The highest BCUT2D eigenvalue weighted by atomic mass is 35.5. The van der Waals surface area contributed by atoms with Crippen LogP contribution in [0.2, 0.25) is 5.02 Å². The van der Waals surface area contributed by atoms with E-state index in [9.17, 15) is 4.39 Å². The SMILES string of the molecule is CCNCc1cccc(Oc2ccc(F)cc2Cl)n1. The predicted molar refractivity (Wildman–Crippen MR) is 73.1 cm³/mol. The minimum absolute atomic E-state index is 0.221. The van der Waals surface area contributed by atoms with Crippen LogP contribution < -0.4 is 10.1 Å². The van der Waals surface area contributed by atoms with Gasteiger partial charge in [0, 0.05) is 12.6 Å². The third-order valence-corrected chi connectivity index (χ3v) is 2.74. The Bertz CT molecular complexity index is 563. The smallest absolute Gasteiger partial charge is 0.219 e. The summed E-state index contributed by atoms with van der Waals surface area (Å²) >= 11 is 5.90. The van der Waals surface area contributed by atoms with Crippen LogP contribution >= 0.6 is 11.6 Å². The van der Waals surface area contributed by atoms with Gasteiger partial charge in [-0.15, -0.1) is 0 Å². The number of halogens is 2. The van der Waals surface area contributed by atoms with Gasteiger partial charge < -0.3 is 10.1 Å². The molecule has 1 aromatic heterocycles. The van der Waals surface area contributed by atoms with E-state index in [-0.39, 0.29) is 5.02 Å². The van der Waals surface area contributed by atoms with Gasteiger partial charge in [-0.25, -0.2) is 9.37 Å². The van der Waals surface area contributed by atoms with Crippen molar-refractivity contribution in [2.45, 2.75) is 13.5 Å². The van der Waals surface area contributed by atoms with E-state index >= 15 is 0 Å². The molecule has 2 rings (SSSR count). The first-order valence-electron chi connectivity index (χ1n) is 5.98. The van der Waals surface area contributed by atoms with Crippen molar-refractivity contribution in [1.29, 1.82) is 0 Å². The second-order valence-corrected chi connectivity index (χ2v) is 4.33. The van der Waals surface area contributed by atoms with E-state index in [0.29, 0.717) is 18.2 Å². The maximum atomic E-state index is 12.9. The van der Waals surface area contributed by atoms with E-state index in [2.05, 4.69) is 10.3 Å². The first kappa shape index (κ1) is 13.8. The van der Waals surface area contributed by atoms with Crippen molar-refractivity contribution >= 4 is 11.6 Å². The quantitative estimate of drug-likeness (QED) is 0.905. The molecule has 1 N–H and O–H groups in total. The van der Waals surface area contributed by atoms with Crippen LogP contribution in [0, 0.1) is 5.82 Å². The lowest BCUT2D eigenvalue weighted by atomic mass is 10.3. The number of pyridine rings is 1. The van der Waals surface area contributed by atoms with Crippen molar-refractivity contribution in [2.24, 2.45) is 0 Å². The van der Waals surface area contributed by atoms with Gasteiger partial charge in [0.05, 0.1) is 10.7 Å². The molecule has 0 unspecified atom stereocenters. The molecule has 0 aliphatic rings. The number of aromatic nitrogens is 1. The van der Waals surface area contributed by atoms with Gasteiger partial charge in [0.15, 0.2) is 0 Å². The molecule has 0 aliphatic carbocycles. The molecule has 0 radical (unpaired) electrons. The zero-order valence-corrected chi connectivity index (χ0v) is 11.2. The monoisotopic (exact) mass is 280 g/mol. The Labute approximate surface area is 116 Å². The van der Waals surface area contributed by atoms with Gasteiger partial charge in [-0.3, -0.25) is 0 Å². The highest BCUT2D eigenvalue weighted by Gasteiger charge is 2.06. The summed E-state index contributed by atoms with van der Waals surface area (Å²) in [5.41, 5.74) is 0.873. The minimum Gasteiger partial charge on any atom is -0.437 e. The fourth-order valence-corrected chi connectivity index (χ4v) is 1.74. The van der Waals surface area contributed by atoms with Crippen molar-refractivity contribution < 1.29 is 9.13 Å². The summed E-state index contributed by atoms with van der Waals surface area (Å²) < 4.78 is 18.5. The van der Waals surface area contributed by atoms with Crippen LogP contribution in [0.4, 0.5) is 4.39 Å². The van der Waals surface area contributed by atoms with Crippen molar-refractivity contribution in [3.05, 3.63) is 52.9 Å². The highest BCUT2D eigenvalue weighted by Crippen LogP contribution is 2.28. The van der Waals surface area contributed by atoms with Crippen LogP contribution in [0.25, 0.3) is 0 Å². The molecule has 19 heavy (non-hydrogen) atoms. The fourth-order valence-electron chi connectivity index (χ4n) is 1.54. The van der Waals surface area contributed by atoms with Crippen LogP contribution in [0.1, 0.15) is 12.6 Å². The summed E-state index contributed by atoms with van der Waals surface area (Å²) in [6, 6.07) is 9.47. The number of benzene rings is 1. The maximum absolute atomic E-state index is 12.9. The minimum atomic E-state index is -0.397. The van der Waals surface area contributed by atoms with E-state index in [1.54, 1.807) is 6.07 Å². The second kappa shape index (κ2) is 6.50. The fraction of sp³-hybridized carbons (Fsp3) is 0.214. The molecular formula is C14H14ClFN2O. The van der Waals surface area contributed by atoms with Crippen molar-refractivity contribution in [3.63, 3.8) is 0 Å². The first-order chi connectivity index (χ1) is 9.19. The van der Waals surface area contributed by atoms with Crippen LogP contribution in [0.15, 0.2) is 36.4 Å². The topological polar surface area (TPSA) is 34.1 Å². The van der Waals surface area contributed by atoms with Gasteiger partial charge in [0.25, 0.3) is 0 Å². The molecule has 100 valence electrons. The maximum Gasteiger partial charge on any atom is 0.219 e. The third-order valence-electron chi connectivity index (χ3n) is 2.45. The van der Waals surface area contributed by atoms with Crippen molar-refractivity contribution in [3.8, 4) is 11.6 Å². The zero-order chi connectivity index (χ0) is 13.7. The molecule has 0 atom stereocenters. The van der Waals surface area contributed by atoms with Crippen LogP contribution in [-0.2, 0) is 6.54 Å². The van der Waals surface area contributed by atoms with E-state index < -0.39 is 5.82 Å². The standard InChI is InChI=1S/C14H14ClFN2O/c1-2-17-9-11-4-3-5-14(18-11)19-13-7-6-10(16)8-12(13)15/h3-8,17H,2,9H2,1H3. The van der Waals surface area contributed by atoms with Crippen LogP contribution in [0.5, 0.6) is 11.6 Å². The Morgan fingerprint density at radius 1 is 1.32 bits per heavy atom. The first-order valence-corrected chi connectivity index (χ1v) is 6.36. The predicted octanol–water partition coefficient (Wildman–Crippen LogP) is 3.78. The van der Waals surface area contributed by atoms with Gasteiger partial charge in [-0.05, 0) is 30.8 Å². The molecule has 2 aromatic rings. The molecule has 1 aromatic carbocycles. The van der Waals surface area contributed by atoms with Gasteiger partial charge in [0.1, 0.15) is 11.6 Å². The van der Waals surface area contributed by atoms with Gasteiger partial charge in [-0.2, -0.15) is 0 Å². The number of ether oxygens (including phenoxy) is 1. The number of rotatable bonds is 5. The number of nitrogens with zero attached hydrogens (tertiary/aromatic N) is 1.